The summed E-state index contributed by atoms with van der Waals surface area (Å²) in [5, 5.41) is 12.7. The SMILES string of the molecule is COc1ccc2c3c1O[C@H]1[C@H](N4C(=O)c5ccccc5C4=O)CC[C@@]4(O)C(C2)N(CC2CC2)CC[C@]314. The Morgan fingerprint density at radius 2 is 1.81 bits per heavy atom. The maximum absolute atomic E-state index is 13.5. The minimum atomic E-state index is -0.982. The van der Waals surface area contributed by atoms with Crippen molar-refractivity contribution in [1.82, 2.24) is 9.80 Å². The molecule has 5 atom stereocenters. The van der Waals surface area contributed by atoms with E-state index in [1.54, 1.807) is 31.4 Å². The fourth-order valence-electron chi connectivity index (χ4n) is 8.38. The normalized spacial score (nSPS) is 35.9. The summed E-state index contributed by atoms with van der Waals surface area (Å²) in [7, 11) is 1.64. The molecule has 1 spiro atoms. The summed E-state index contributed by atoms with van der Waals surface area (Å²) in [6.45, 7) is 1.92. The summed E-state index contributed by atoms with van der Waals surface area (Å²) in [5.74, 6) is 1.57. The molecule has 7 heteroatoms. The average Bonchev–Trinajstić information content (AvgIpc) is 3.58. The summed E-state index contributed by atoms with van der Waals surface area (Å²) >= 11 is 0. The van der Waals surface area contributed by atoms with Gasteiger partial charge in [0.2, 0.25) is 0 Å². The van der Waals surface area contributed by atoms with E-state index in [2.05, 4.69) is 11.0 Å². The van der Waals surface area contributed by atoms with Crippen LogP contribution in [0.25, 0.3) is 0 Å². The highest BCUT2D eigenvalue weighted by Gasteiger charge is 2.74. The van der Waals surface area contributed by atoms with Gasteiger partial charge in [-0.1, -0.05) is 18.2 Å². The molecule has 2 saturated carbocycles. The molecule has 2 aromatic carbocycles. The van der Waals surface area contributed by atoms with Gasteiger partial charge in [0.25, 0.3) is 11.8 Å². The van der Waals surface area contributed by atoms with Crippen molar-refractivity contribution in [1.29, 1.82) is 0 Å². The second-order valence-electron chi connectivity index (χ2n) is 11.6. The van der Waals surface area contributed by atoms with Gasteiger partial charge in [-0.15, -0.1) is 0 Å². The van der Waals surface area contributed by atoms with E-state index in [0.717, 1.165) is 37.4 Å². The lowest BCUT2D eigenvalue weighted by atomic mass is 9.48. The van der Waals surface area contributed by atoms with Crippen LogP contribution in [-0.2, 0) is 11.8 Å². The van der Waals surface area contributed by atoms with Crippen molar-refractivity contribution < 1.29 is 24.2 Å². The topological polar surface area (TPSA) is 79.3 Å². The number of carbonyl (C=O) groups excluding carboxylic acids is 2. The van der Waals surface area contributed by atoms with E-state index in [9.17, 15) is 14.7 Å². The zero-order valence-corrected chi connectivity index (χ0v) is 20.4. The summed E-state index contributed by atoms with van der Waals surface area (Å²) in [6.07, 6.45) is 4.63. The summed E-state index contributed by atoms with van der Waals surface area (Å²) in [4.78, 5) is 31.0. The Bertz CT molecular complexity index is 1300. The first kappa shape index (κ1) is 21.2. The Labute approximate surface area is 210 Å². The molecule has 0 radical (unpaired) electrons. The molecule has 2 aromatic rings. The van der Waals surface area contributed by atoms with E-state index in [1.807, 2.05) is 6.07 Å². The summed E-state index contributed by atoms with van der Waals surface area (Å²) < 4.78 is 12.5. The van der Waals surface area contributed by atoms with Crippen LogP contribution in [0.5, 0.6) is 11.5 Å². The zero-order valence-electron chi connectivity index (χ0n) is 20.4. The Morgan fingerprint density at radius 3 is 2.50 bits per heavy atom. The van der Waals surface area contributed by atoms with Gasteiger partial charge in [0.15, 0.2) is 11.5 Å². The van der Waals surface area contributed by atoms with E-state index < -0.39 is 23.2 Å². The minimum Gasteiger partial charge on any atom is -0.493 e. The molecule has 3 fully saturated rings. The lowest BCUT2D eigenvalue weighted by Gasteiger charge is -2.64. The van der Waals surface area contributed by atoms with E-state index in [-0.39, 0.29) is 17.9 Å². The molecule has 2 amide bonds. The van der Waals surface area contributed by atoms with Crippen molar-refractivity contribution in [3.8, 4) is 11.5 Å². The number of carbonyl (C=O) groups is 2. The van der Waals surface area contributed by atoms with Crippen LogP contribution in [0.15, 0.2) is 36.4 Å². The van der Waals surface area contributed by atoms with Gasteiger partial charge >= 0.3 is 0 Å². The number of likely N-dealkylation sites (tertiary alicyclic amines) is 1. The highest BCUT2D eigenvalue weighted by Crippen LogP contribution is 2.66. The van der Waals surface area contributed by atoms with E-state index >= 15 is 0 Å². The summed E-state index contributed by atoms with van der Waals surface area (Å²) in [5.41, 5.74) is 1.51. The maximum Gasteiger partial charge on any atom is 0.261 e. The molecule has 7 nitrogen and oxygen atoms in total. The van der Waals surface area contributed by atoms with Gasteiger partial charge in [-0.2, -0.15) is 0 Å². The van der Waals surface area contributed by atoms with Crippen LogP contribution in [0.2, 0.25) is 0 Å². The average molecular weight is 487 g/mol. The largest absolute Gasteiger partial charge is 0.493 e. The number of piperidine rings is 1. The Kier molecular flexibility index (Phi) is 4.06. The second-order valence-corrected chi connectivity index (χ2v) is 11.6. The molecule has 3 heterocycles. The number of hydrogen-bond acceptors (Lipinski definition) is 6. The van der Waals surface area contributed by atoms with Gasteiger partial charge in [-0.3, -0.25) is 19.4 Å². The molecule has 2 bridgehead atoms. The number of nitrogens with zero attached hydrogens (tertiary/aromatic N) is 2. The standard InChI is InChI=1S/C29H30N2O5/c1-35-21-9-8-17-14-22-29(34)11-10-20(31-26(32)18-4-2-3-5-19(18)27(31)33)25-28(29,23(17)24(21)36-25)12-13-30(22)15-16-6-7-16/h2-5,8-9,16,20,22,25,34H,6-7,10-15H2,1H3/t20-,22?,25+,28+,29-/m1/s1. The highest BCUT2D eigenvalue weighted by atomic mass is 16.5. The monoisotopic (exact) mass is 486 g/mol. The third-order valence-corrected chi connectivity index (χ3v) is 10.1. The van der Waals surface area contributed by atoms with Crippen LogP contribution in [0.4, 0.5) is 0 Å². The molecule has 8 rings (SSSR count). The number of rotatable bonds is 4. The second kappa shape index (κ2) is 6.90. The zero-order chi connectivity index (χ0) is 24.4. The fourth-order valence-corrected chi connectivity index (χ4v) is 8.38. The number of ether oxygens (including phenoxy) is 2. The van der Waals surface area contributed by atoms with Gasteiger partial charge in [-0.05, 0) is 74.8 Å². The van der Waals surface area contributed by atoms with Crippen molar-refractivity contribution >= 4 is 11.8 Å². The van der Waals surface area contributed by atoms with Crippen molar-refractivity contribution in [2.75, 3.05) is 20.2 Å². The van der Waals surface area contributed by atoms with E-state index in [1.165, 1.54) is 23.3 Å². The third-order valence-electron chi connectivity index (χ3n) is 10.1. The number of methoxy groups -OCH3 is 1. The number of hydrogen-bond donors (Lipinski definition) is 1. The number of aliphatic hydroxyl groups is 1. The molecule has 3 aliphatic carbocycles. The van der Waals surface area contributed by atoms with Crippen LogP contribution in [0, 0.1) is 5.92 Å². The van der Waals surface area contributed by atoms with Gasteiger partial charge in [0.1, 0.15) is 6.10 Å². The fraction of sp³-hybridized carbons (Fsp3) is 0.517. The van der Waals surface area contributed by atoms with Crippen LogP contribution >= 0.6 is 0 Å². The Morgan fingerprint density at radius 1 is 1.06 bits per heavy atom. The third kappa shape index (κ3) is 2.37. The number of fused-ring (bicyclic) bond motifs is 1. The molecular formula is C29H30N2O5. The number of amides is 2. The van der Waals surface area contributed by atoms with Crippen molar-refractivity contribution in [3.63, 3.8) is 0 Å². The molecule has 1 N–H and O–H groups in total. The van der Waals surface area contributed by atoms with E-state index in [0.29, 0.717) is 35.5 Å². The van der Waals surface area contributed by atoms with Gasteiger partial charge in [0.05, 0.1) is 35.3 Å². The van der Waals surface area contributed by atoms with Crippen LogP contribution < -0.4 is 9.47 Å². The molecule has 36 heavy (non-hydrogen) atoms. The molecule has 3 aliphatic heterocycles. The predicted octanol–water partition coefficient (Wildman–Crippen LogP) is 2.92. The summed E-state index contributed by atoms with van der Waals surface area (Å²) in [6, 6.07) is 10.7. The van der Waals surface area contributed by atoms with Crippen LogP contribution in [-0.4, -0.2) is 70.7 Å². The first-order chi connectivity index (χ1) is 17.5. The van der Waals surface area contributed by atoms with Crippen LogP contribution in [0.3, 0.4) is 0 Å². The molecular weight excluding hydrogens is 456 g/mol. The molecule has 6 aliphatic rings. The van der Waals surface area contributed by atoms with Gasteiger partial charge < -0.3 is 14.6 Å². The van der Waals surface area contributed by atoms with Crippen LogP contribution in [0.1, 0.15) is 63.9 Å². The number of imide groups is 1. The number of benzene rings is 2. The Balaban J connectivity index is 1.28. The first-order valence-electron chi connectivity index (χ1n) is 13.3. The van der Waals surface area contributed by atoms with Crippen molar-refractivity contribution in [3.05, 3.63) is 58.7 Å². The lowest BCUT2D eigenvalue weighted by molar-refractivity contribution is -0.196. The molecule has 1 unspecified atom stereocenters. The first-order valence-corrected chi connectivity index (χ1v) is 13.3. The predicted molar refractivity (Wildman–Crippen MR) is 130 cm³/mol. The van der Waals surface area contributed by atoms with Gasteiger partial charge in [0, 0.05) is 18.2 Å². The molecule has 1 saturated heterocycles. The quantitative estimate of drug-likeness (QED) is 0.670. The van der Waals surface area contributed by atoms with Crippen molar-refractivity contribution in [2.24, 2.45) is 5.92 Å². The minimum absolute atomic E-state index is 0.00734. The molecule has 186 valence electrons. The van der Waals surface area contributed by atoms with Gasteiger partial charge in [-0.25, -0.2) is 0 Å². The Hall–Kier alpha value is -2.90. The smallest absolute Gasteiger partial charge is 0.261 e. The van der Waals surface area contributed by atoms with E-state index in [4.69, 9.17) is 9.47 Å². The van der Waals surface area contributed by atoms with Crippen molar-refractivity contribution in [2.45, 2.75) is 67.7 Å². The lowest BCUT2D eigenvalue weighted by Crippen LogP contribution is -2.78. The maximum atomic E-state index is 13.5. The highest BCUT2D eigenvalue weighted by molar-refractivity contribution is 6.21. The molecule has 0 aromatic heterocycles.